The smallest absolute Gasteiger partial charge is 0.410 e. The third-order valence-corrected chi connectivity index (χ3v) is 2.48. The molecule has 0 saturated carbocycles. The molecular formula is C11H13N3O2. The van der Waals surface area contributed by atoms with Crippen molar-refractivity contribution in [1.29, 1.82) is 0 Å². The zero-order chi connectivity index (χ0) is 11.5. The van der Waals surface area contributed by atoms with E-state index in [4.69, 9.17) is 5.11 Å². The monoisotopic (exact) mass is 219 g/mol. The fourth-order valence-corrected chi connectivity index (χ4v) is 1.64. The van der Waals surface area contributed by atoms with Crippen LogP contribution >= 0.6 is 0 Å². The van der Waals surface area contributed by atoms with Crippen LogP contribution in [0, 0.1) is 0 Å². The van der Waals surface area contributed by atoms with Crippen molar-refractivity contribution in [1.82, 2.24) is 4.90 Å². The predicted octanol–water partition coefficient (Wildman–Crippen LogP) is 1.81. The average Bonchev–Trinajstić information content (AvgIpc) is 2.29. The van der Waals surface area contributed by atoms with E-state index in [-0.39, 0.29) is 0 Å². The third-order valence-electron chi connectivity index (χ3n) is 2.48. The summed E-state index contributed by atoms with van der Waals surface area (Å²) >= 11 is 0. The van der Waals surface area contributed by atoms with E-state index < -0.39 is 12.4 Å². The summed E-state index contributed by atoms with van der Waals surface area (Å²) in [5.41, 5.74) is 1.88. The lowest BCUT2D eigenvalue weighted by Gasteiger charge is -2.29. The van der Waals surface area contributed by atoms with Crippen molar-refractivity contribution in [3.63, 3.8) is 0 Å². The quantitative estimate of drug-likeness (QED) is 0.797. The Kier molecular flexibility index (Phi) is 2.76. The van der Waals surface area contributed by atoms with Gasteiger partial charge in [0.15, 0.2) is 0 Å². The summed E-state index contributed by atoms with van der Waals surface area (Å²) in [5.74, 6) is 0. The first-order chi connectivity index (χ1) is 7.72. The highest BCUT2D eigenvalue weighted by Crippen LogP contribution is 2.19. The second-order valence-corrected chi connectivity index (χ2v) is 3.45. The van der Waals surface area contributed by atoms with Crippen LogP contribution in [0.3, 0.4) is 0 Å². The molecule has 1 amide bonds. The largest absolute Gasteiger partial charge is 0.465 e. The number of para-hydroxylation sites is 1. The Morgan fingerprint density at radius 3 is 3.00 bits per heavy atom. The summed E-state index contributed by atoms with van der Waals surface area (Å²) in [6.45, 7) is 2.18. The van der Waals surface area contributed by atoms with Gasteiger partial charge in [-0.3, -0.25) is 4.90 Å². The number of nitrogens with zero attached hydrogens (tertiary/aromatic N) is 2. The van der Waals surface area contributed by atoms with Crippen molar-refractivity contribution in [3.8, 4) is 0 Å². The maximum atomic E-state index is 11.0. The number of nitrogens with one attached hydrogen (secondary N) is 1. The average molecular weight is 219 g/mol. The van der Waals surface area contributed by atoms with E-state index in [1.807, 2.05) is 24.3 Å². The number of rotatable bonds is 2. The van der Waals surface area contributed by atoms with E-state index in [0.717, 1.165) is 11.3 Å². The zero-order valence-corrected chi connectivity index (χ0v) is 8.92. The normalized spacial score (nSPS) is 17.4. The second-order valence-electron chi connectivity index (χ2n) is 3.45. The lowest BCUT2D eigenvalue weighted by atomic mass is 10.2. The molecule has 0 spiro atoms. The summed E-state index contributed by atoms with van der Waals surface area (Å²) in [4.78, 5) is 16.4. The van der Waals surface area contributed by atoms with Crippen molar-refractivity contribution < 1.29 is 9.90 Å². The molecule has 16 heavy (non-hydrogen) atoms. The van der Waals surface area contributed by atoms with Crippen molar-refractivity contribution in [2.75, 3.05) is 11.9 Å². The van der Waals surface area contributed by atoms with Gasteiger partial charge in [-0.25, -0.2) is 9.79 Å². The van der Waals surface area contributed by atoms with E-state index in [9.17, 15) is 4.79 Å². The zero-order valence-electron chi connectivity index (χ0n) is 8.92. The minimum Gasteiger partial charge on any atom is -0.465 e. The van der Waals surface area contributed by atoms with Crippen molar-refractivity contribution in [3.05, 3.63) is 29.8 Å². The molecule has 0 aliphatic carbocycles. The molecule has 0 saturated heterocycles. The highest BCUT2D eigenvalue weighted by atomic mass is 16.4. The second kappa shape index (κ2) is 4.22. The Bertz CT molecular complexity index is 431. The molecule has 1 unspecified atom stereocenters. The first-order valence-corrected chi connectivity index (χ1v) is 5.10. The SMILES string of the molecule is CCN(C(=O)O)C1N=Cc2ccccc2N1. The standard InChI is InChI=1S/C11H13N3O2/c1-2-14(11(15)16)10-12-7-8-5-3-4-6-9(8)13-10/h3-7,10,13H,2H2,1H3,(H,15,16). The Labute approximate surface area is 93.4 Å². The van der Waals surface area contributed by atoms with Gasteiger partial charge in [0.05, 0.1) is 0 Å². The predicted molar refractivity (Wildman–Crippen MR) is 61.9 cm³/mol. The van der Waals surface area contributed by atoms with Crippen LogP contribution in [0.25, 0.3) is 0 Å². The number of carboxylic acid groups (broad SMARTS) is 1. The number of carbonyl (C=O) groups is 1. The van der Waals surface area contributed by atoms with Crippen molar-refractivity contribution in [2.24, 2.45) is 4.99 Å². The van der Waals surface area contributed by atoms with Crippen LogP contribution in [0.2, 0.25) is 0 Å². The number of fused-ring (bicyclic) bond motifs is 1. The third kappa shape index (κ3) is 1.84. The number of anilines is 1. The van der Waals surface area contributed by atoms with Crippen LogP contribution < -0.4 is 5.32 Å². The molecule has 2 rings (SSSR count). The van der Waals surface area contributed by atoms with E-state index in [0.29, 0.717) is 6.54 Å². The summed E-state index contributed by atoms with van der Waals surface area (Å²) in [7, 11) is 0. The fraction of sp³-hybridized carbons (Fsp3) is 0.273. The molecule has 0 aromatic heterocycles. The van der Waals surface area contributed by atoms with Gasteiger partial charge in [0.2, 0.25) is 6.29 Å². The minimum absolute atomic E-state index is 0.395. The van der Waals surface area contributed by atoms with E-state index >= 15 is 0 Å². The van der Waals surface area contributed by atoms with Gasteiger partial charge in [-0.15, -0.1) is 0 Å². The number of hydrogen-bond acceptors (Lipinski definition) is 3. The minimum atomic E-state index is -0.975. The molecule has 5 nitrogen and oxygen atoms in total. The molecule has 1 aromatic carbocycles. The van der Waals surface area contributed by atoms with Crippen molar-refractivity contribution in [2.45, 2.75) is 13.2 Å². The molecule has 1 aromatic rings. The van der Waals surface area contributed by atoms with Gasteiger partial charge in [-0.2, -0.15) is 0 Å². The maximum Gasteiger partial charge on any atom is 0.410 e. The molecule has 0 fully saturated rings. The van der Waals surface area contributed by atoms with E-state index in [1.54, 1.807) is 13.1 Å². The van der Waals surface area contributed by atoms with Crippen LogP contribution in [0.15, 0.2) is 29.3 Å². The van der Waals surface area contributed by atoms with E-state index in [1.165, 1.54) is 4.90 Å². The van der Waals surface area contributed by atoms with Gasteiger partial charge in [0.1, 0.15) is 0 Å². The summed E-state index contributed by atoms with van der Waals surface area (Å²) < 4.78 is 0. The lowest BCUT2D eigenvalue weighted by Crippen LogP contribution is -2.44. The number of aliphatic imine (C=N–C) groups is 1. The summed E-state index contributed by atoms with van der Waals surface area (Å²) in [6, 6.07) is 7.66. The molecule has 1 heterocycles. The maximum absolute atomic E-state index is 11.0. The first-order valence-electron chi connectivity index (χ1n) is 5.10. The van der Waals surface area contributed by atoms with Gasteiger partial charge in [-0.1, -0.05) is 18.2 Å². The van der Waals surface area contributed by atoms with Gasteiger partial charge < -0.3 is 10.4 Å². The van der Waals surface area contributed by atoms with Crippen LogP contribution in [0.4, 0.5) is 10.5 Å². The molecule has 1 atom stereocenters. The Morgan fingerprint density at radius 2 is 2.31 bits per heavy atom. The van der Waals surface area contributed by atoms with Gasteiger partial charge in [-0.05, 0) is 13.0 Å². The number of amides is 1. The Balaban J connectivity index is 2.22. The topological polar surface area (TPSA) is 64.9 Å². The van der Waals surface area contributed by atoms with Crippen molar-refractivity contribution >= 4 is 18.0 Å². The highest BCUT2D eigenvalue weighted by molar-refractivity contribution is 5.89. The molecule has 84 valence electrons. The highest BCUT2D eigenvalue weighted by Gasteiger charge is 2.23. The fourth-order valence-electron chi connectivity index (χ4n) is 1.64. The van der Waals surface area contributed by atoms with Gasteiger partial charge in [0.25, 0.3) is 0 Å². The Hall–Kier alpha value is -2.04. The van der Waals surface area contributed by atoms with Crippen LogP contribution in [-0.2, 0) is 0 Å². The molecule has 0 bridgehead atoms. The van der Waals surface area contributed by atoms with Gasteiger partial charge in [0, 0.05) is 24.0 Å². The molecule has 0 radical (unpaired) electrons. The Morgan fingerprint density at radius 1 is 1.56 bits per heavy atom. The molecular weight excluding hydrogens is 206 g/mol. The van der Waals surface area contributed by atoms with E-state index in [2.05, 4.69) is 10.3 Å². The first kappa shape index (κ1) is 10.5. The molecule has 2 N–H and O–H groups in total. The molecule has 5 heteroatoms. The number of hydrogen-bond donors (Lipinski definition) is 2. The molecule has 1 aliphatic heterocycles. The van der Waals surface area contributed by atoms with Crippen LogP contribution in [-0.4, -0.2) is 35.1 Å². The number of benzene rings is 1. The van der Waals surface area contributed by atoms with Crippen LogP contribution in [0.1, 0.15) is 12.5 Å². The van der Waals surface area contributed by atoms with Gasteiger partial charge >= 0.3 is 6.09 Å². The molecule has 1 aliphatic rings. The summed E-state index contributed by atoms with van der Waals surface area (Å²) in [6.07, 6.45) is 0.191. The lowest BCUT2D eigenvalue weighted by molar-refractivity contribution is 0.134. The van der Waals surface area contributed by atoms with Crippen LogP contribution in [0.5, 0.6) is 0 Å². The summed E-state index contributed by atoms with van der Waals surface area (Å²) in [5, 5.41) is 12.1.